The number of H-pyrrole nitrogens is 1. The summed E-state index contributed by atoms with van der Waals surface area (Å²) >= 11 is 3.02. The van der Waals surface area contributed by atoms with Crippen molar-refractivity contribution in [2.45, 2.75) is 38.2 Å². The molecule has 25 heavy (non-hydrogen) atoms. The summed E-state index contributed by atoms with van der Waals surface area (Å²) in [4.78, 5) is 35.7. The number of hydrogen-bond acceptors (Lipinski definition) is 6. The number of nitrogens with one attached hydrogen (secondary N) is 2. The van der Waals surface area contributed by atoms with Gasteiger partial charge in [0.05, 0.1) is 16.4 Å². The molecule has 0 saturated carbocycles. The minimum atomic E-state index is -0.188. The van der Waals surface area contributed by atoms with Crippen LogP contribution in [0.4, 0.5) is 0 Å². The van der Waals surface area contributed by atoms with Crippen LogP contribution in [0.5, 0.6) is 0 Å². The maximum absolute atomic E-state index is 12.3. The number of carbonyl (C=O) groups excluding carboxylic acids is 1. The summed E-state index contributed by atoms with van der Waals surface area (Å²) in [6.45, 7) is 7.45. The lowest BCUT2D eigenvalue weighted by molar-refractivity contribution is -0.120. The zero-order valence-electron chi connectivity index (χ0n) is 15.4. The van der Waals surface area contributed by atoms with E-state index in [1.54, 1.807) is 0 Å². The Bertz CT molecular complexity index is 798. The Kier molecular flexibility index (Phi) is 7.04. The van der Waals surface area contributed by atoms with Crippen molar-refractivity contribution in [3.8, 4) is 0 Å². The molecule has 1 amide bonds. The molecule has 0 aliphatic rings. The van der Waals surface area contributed by atoms with Gasteiger partial charge in [0.25, 0.3) is 5.56 Å². The average molecular weight is 383 g/mol. The van der Waals surface area contributed by atoms with Crippen molar-refractivity contribution in [3.05, 3.63) is 26.6 Å². The third-order valence-electron chi connectivity index (χ3n) is 4.01. The number of amides is 1. The van der Waals surface area contributed by atoms with Crippen molar-refractivity contribution in [2.75, 3.05) is 27.2 Å². The molecule has 2 heterocycles. The van der Waals surface area contributed by atoms with E-state index in [1.165, 1.54) is 23.1 Å². The zero-order valence-corrected chi connectivity index (χ0v) is 17.1. The predicted octanol–water partition coefficient (Wildman–Crippen LogP) is 2.29. The van der Waals surface area contributed by atoms with Crippen molar-refractivity contribution in [3.63, 3.8) is 0 Å². The molecule has 0 aliphatic carbocycles. The van der Waals surface area contributed by atoms with Crippen molar-refractivity contribution < 1.29 is 4.79 Å². The Morgan fingerprint density at radius 3 is 2.80 bits per heavy atom. The molecule has 2 N–H and O–H groups in total. The fourth-order valence-electron chi connectivity index (χ4n) is 2.40. The van der Waals surface area contributed by atoms with Crippen molar-refractivity contribution in [2.24, 2.45) is 0 Å². The van der Waals surface area contributed by atoms with E-state index >= 15 is 0 Å². The first-order chi connectivity index (χ1) is 11.8. The van der Waals surface area contributed by atoms with Crippen LogP contribution in [0.3, 0.4) is 0 Å². The smallest absolute Gasteiger partial charge is 0.259 e. The molecule has 0 bridgehead atoms. The lowest BCUT2D eigenvalue weighted by atomic mass is 10.2. The molecule has 0 spiro atoms. The number of carbonyl (C=O) groups is 1. The first kappa shape index (κ1) is 19.9. The van der Waals surface area contributed by atoms with Crippen LogP contribution in [-0.2, 0) is 10.5 Å². The zero-order chi connectivity index (χ0) is 18.6. The third-order valence-corrected chi connectivity index (χ3v) is 6.26. The maximum atomic E-state index is 12.3. The maximum Gasteiger partial charge on any atom is 0.259 e. The minimum absolute atomic E-state index is 0.0231. The second kappa shape index (κ2) is 8.82. The van der Waals surface area contributed by atoms with Crippen LogP contribution >= 0.6 is 23.1 Å². The third kappa shape index (κ3) is 5.29. The van der Waals surface area contributed by atoms with E-state index in [9.17, 15) is 9.59 Å². The van der Waals surface area contributed by atoms with Gasteiger partial charge in [-0.1, -0.05) is 0 Å². The molecule has 0 radical (unpaired) electrons. The molecular weight excluding hydrogens is 356 g/mol. The lowest BCUT2D eigenvalue weighted by Gasteiger charge is -2.13. The average Bonchev–Trinajstić information content (AvgIpc) is 2.83. The molecular formula is C17H26N4O2S2. The number of thioether (sulfide) groups is 1. The Hall–Kier alpha value is -1.38. The Morgan fingerprint density at radius 2 is 2.12 bits per heavy atom. The van der Waals surface area contributed by atoms with Gasteiger partial charge >= 0.3 is 0 Å². The Balaban J connectivity index is 1.91. The van der Waals surface area contributed by atoms with Crippen LogP contribution in [0, 0.1) is 13.8 Å². The summed E-state index contributed by atoms with van der Waals surface area (Å²) < 4.78 is 0. The van der Waals surface area contributed by atoms with Gasteiger partial charge < -0.3 is 15.2 Å². The molecule has 0 aromatic carbocycles. The number of aromatic nitrogens is 2. The second-order valence-electron chi connectivity index (χ2n) is 6.38. The summed E-state index contributed by atoms with van der Waals surface area (Å²) in [5, 5.41) is 3.44. The van der Waals surface area contributed by atoms with E-state index in [1.807, 2.05) is 34.9 Å². The summed E-state index contributed by atoms with van der Waals surface area (Å²) in [5.41, 5.74) is 0.904. The van der Waals surface area contributed by atoms with E-state index in [0.29, 0.717) is 23.5 Å². The molecule has 1 unspecified atom stereocenters. The molecule has 0 aliphatic heterocycles. The number of fused-ring (bicyclic) bond motifs is 1. The first-order valence-corrected chi connectivity index (χ1v) is 10.2. The number of aromatic amines is 1. The molecule has 1 atom stereocenters. The van der Waals surface area contributed by atoms with Crippen LogP contribution in [0.1, 0.15) is 29.6 Å². The fraction of sp³-hybridized carbons (Fsp3) is 0.588. The quantitative estimate of drug-likeness (QED) is 0.685. The van der Waals surface area contributed by atoms with Gasteiger partial charge in [0.2, 0.25) is 5.91 Å². The van der Waals surface area contributed by atoms with E-state index < -0.39 is 0 Å². The number of nitrogens with zero attached hydrogens (tertiary/aromatic N) is 2. The topological polar surface area (TPSA) is 78.1 Å². The first-order valence-electron chi connectivity index (χ1n) is 8.32. The Morgan fingerprint density at radius 1 is 1.40 bits per heavy atom. The van der Waals surface area contributed by atoms with Gasteiger partial charge in [0.15, 0.2) is 0 Å². The fourth-order valence-corrected chi connectivity index (χ4v) is 4.23. The molecule has 0 saturated heterocycles. The van der Waals surface area contributed by atoms with E-state index in [2.05, 4.69) is 20.2 Å². The minimum Gasteiger partial charge on any atom is -0.355 e. The summed E-state index contributed by atoms with van der Waals surface area (Å²) in [7, 11) is 4.03. The molecule has 2 aromatic rings. The van der Waals surface area contributed by atoms with Gasteiger partial charge in [-0.3, -0.25) is 9.59 Å². The molecule has 2 aromatic heterocycles. The molecule has 138 valence electrons. The van der Waals surface area contributed by atoms with Gasteiger partial charge in [-0.25, -0.2) is 4.98 Å². The largest absolute Gasteiger partial charge is 0.355 e. The molecule has 6 nitrogen and oxygen atoms in total. The van der Waals surface area contributed by atoms with E-state index in [-0.39, 0.29) is 16.7 Å². The van der Waals surface area contributed by atoms with Crippen molar-refractivity contribution >= 4 is 39.2 Å². The summed E-state index contributed by atoms with van der Waals surface area (Å²) in [5.74, 6) is 1.15. The Labute approximate surface area is 156 Å². The van der Waals surface area contributed by atoms with Crippen LogP contribution < -0.4 is 10.9 Å². The summed E-state index contributed by atoms with van der Waals surface area (Å²) in [6, 6.07) is 0. The van der Waals surface area contributed by atoms with Crippen LogP contribution in [0.2, 0.25) is 0 Å². The SMILES string of the molecule is Cc1sc2nc(CSC(C)C(=O)NCCCN(C)C)[nH]c(=O)c2c1C. The van der Waals surface area contributed by atoms with Gasteiger partial charge in [-0.15, -0.1) is 23.1 Å². The van der Waals surface area contributed by atoms with Crippen molar-refractivity contribution in [1.29, 1.82) is 0 Å². The van der Waals surface area contributed by atoms with Gasteiger partial charge in [0, 0.05) is 11.4 Å². The van der Waals surface area contributed by atoms with Crippen LogP contribution in [0.25, 0.3) is 10.2 Å². The van der Waals surface area contributed by atoms with Gasteiger partial charge in [0.1, 0.15) is 10.7 Å². The van der Waals surface area contributed by atoms with E-state index in [4.69, 9.17) is 0 Å². The highest BCUT2D eigenvalue weighted by Gasteiger charge is 2.15. The highest BCUT2D eigenvalue weighted by molar-refractivity contribution is 7.99. The lowest BCUT2D eigenvalue weighted by Crippen LogP contribution is -2.33. The molecule has 2 rings (SSSR count). The normalized spacial score (nSPS) is 12.7. The predicted molar refractivity (Wildman–Crippen MR) is 107 cm³/mol. The number of thiophene rings is 1. The second-order valence-corrected chi connectivity index (χ2v) is 8.91. The standard InChI is InChI=1S/C17H26N4O2S2/c1-10-11(2)25-17-14(10)16(23)19-13(20-17)9-24-12(3)15(22)18-7-6-8-21(4)5/h12H,6-9H2,1-5H3,(H,18,22)(H,19,20,23). The van der Waals surface area contributed by atoms with Gasteiger partial charge in [-0.05, 0) is 53.4 Å². The van der Waals surface area contributed by atoms with Crippen molar-refractivity contribution in [1.82, 2.24) is 20.2 Å². The number of hydrogen-bond donors (Lipinski definition) is 2. The highest BCUT2D eigenvalue weighted by Crippen LogP contribution is 2.26. The molecule has 0 fully saturated rings. The molecule has 8 heteroatoms. The summed E-state index contributed by atoms with van der Waals surface area (Å²) in [6.07, 6.45) is 0.929. The van der Waals surface area contributed by atoms with E-state index in [0.717, 1.165) is 28.2 Å². The van der Waals surface area contributed by atoms with Crippen LogP contribution in [0.15, 0.2) is 4.79 Å². The van der Waals surface area contributed by atoms with Gasteiger partial charge in [-0.2, -0.15) is 0 Å². The number of aryl methyl sites for hydroxylation is 2. The van der Waals surface area contributed by atoms with Crippen LogP contribution in [-0.4, -0.2) is 53.2 Å². The highest BCUT2D eigenvalue weighted by atomic mass is 32.2. The number of rotatable bonds is 8. The monoisotopic (exact) mass is 382 g/mol.